The number of nitrogens with zero attached hydrogens (tertiary/aromatic N) is 2. The summed E-state index contributed by atoms with van der Waals surface area (Å²) in [5, 5.41) is 3.45. The summed E-state index contributed by atoms with van der Waals surface area (Å²) < 4.78 is 26.9. The Morgan fingerprint density at radius 3 is 2.00 bits per heavy atom. The maximum Gasteiger partial charge on any atom is 0.255 e. The number of hydrogen-bond acceptors (Lipinski definition) is 4. The highest BCUT2D eigenvalue weighted by atomic mass is 35.5. The molecule has 10 heteroatoms. The summed E-state index contributed by atoms with van der Waals surface area (Å²) in [6.07, 6.45) is 0. The molecule has 0 spiro atoms. The number of amides is 2. The number of hydrogen-bond donors (Lipinski definition) is 1. The van der Waals surface area contributed by atoms with Crippen LogP contribution in [0.1, 0.15) is 17.3 Å². The number of halogens is 2. The molecule has 0 unspecified atom stereocenters. The molecule has 7 nitrogen and oxygen atoms in total. The largest absolute Gasteiger partial charge is 0.340 e. The molecule has 2 aromatic rings. The monoisotopic (exact) mass is 455 g/mol. The average Bonchev–Trinajstić information content (AvgIpc) is 2.67. The van der Waals surface area contributed by atoms with Gasteiger partial charge >= 0.3 is 0 Å². The summed E-state index contributed by atoms with van der Waals surface area (Å²) in [7, 11) is -3.69. The molecule has 1 aliphatic rings. The maximum absolute atomic E-state index is 12.8. The molecule has 0 radical (unpaired) electrons. The molecule has 1 heterocycles. The minimum Gasteiger partial charge on any atom is -0.340 e. The van der Waals surface area contributed by atoms with Gasteiger partial charge in [-0.05, 0) is 42.5 Å². The molecule has 2 aromatic carbocycles. The molecule has 154 valence electrons. The molecule has 1 N–H and O–H groups in total. The van der Waals surface area contributed by atoms with Crippen molar-refractivity contribution < 1.29 is 18.0 Å². The number of piperazine rings is 1. The number of anilines is 1. The van der Waals surface area contributed by atoms with Crippen LogP contribution >= 0.6 is 23.2 Å². The van der Waals surface area contributed by atoms with Crippen molar-refractivity contribution in [1.82, 2.24) is 9.21 Å². The molecule has 0 aromatic heterocycles. The molecule has 1 fully saturated rings. The van der Waals surface area contributed by atoms with Crippen molar-refractivity contribution in [3.05, 3.63) is 58.1 Å². The van der Waals surface area contributed by atoms with Gasteiger partial charge in [-0.25, -0.2) is 8.42 Å². The van der Waals surface area contributed by atoms with Crippen LogP contribution in [-0.4, -0.2) is 55.6 Å². The van der Waals surface area contributed by atoms with Crippen LogP contribution in [0.25, 0.3) is 0 Å². The van der Waals surface area contributed by atoms with Gasteiger partial charge < -0.3 is 10.2 Å². The van der Waals surface area contributed by atoms with E-state index in [-0.39, 0.29) is 23.9 Å². The van der Waals surface area contributed by atoms with E-state index in [0.717, 1.165) is 0 Å². The fraction of sp³-hybridized carbons (Fsp3) is 0.263. The van der Waals surface area contributed by atoms with Crippen molar-refractivity contribution in [3.63, 3.8) is 0 Å². The Morgan fingerprint density at radius 2 is 1.48 bits per heavy atom. The third-order valence-corrected chi connectivity index (χ3v) is 6.91. The summed E-state index contributed by atoms with van der Waals surface area (Å²) in [6.45, 7) is 2.65. The summed E-state index contributed by atoms with van der Waals surface area (Å²) in [4.78, 5) is 25.5. The van der Waals surface area contributed by atoms with Gasteiger partial charge in [-0.1, -0.05) is 23.2 Å². The molecule has 0 bridgehead atoms. The van der Waals surface area contributed by atoms with Gasteiger partial charge in [0.1, 0.15) is 0 Å². The first-order valence-electron chi connectivity index (χ1n) is 8.80. The van der Waals surface area contributed by atoms with Crippen LogP contribution in [0.5, 0.6) is 0 Å². The highest BCUT2D eigenvalue weighted by Crippen LogP contribution is 2.23. The van der Waals surface area contributed by atoms with E-state index in [1.165, 1.54) is 35.5 Å². The van der Waals surface area contributed by atoms with E-state index in [4.69, 9.17) is 23.2 Å². The Labute approximate surface area is 179 Å². The van der Waals surface area contributed by atoms with Crippen LogP contribution < -0.4 is 5.32 Å². The lowest BCUT2D eigenvalue weighted by atomic mass is 10.2. The second-order valence-electron chi connectivity index (χ2n) is 6.55. The third-order valence-electron chi connectivity index (χ3n) is 4.56. The summed E-state index contributed by atoms with van der Waals surface area (Å²) in [5.41, 5.74) is 0.731. The molecule has 2 amide bonds. The molecule has 1 aliphatic heterocycles. The van der Waals surface area contributed by atoms with Gasteiger partial charge in [0.05, 0.1) is 4.90 Å². The molecular weight excluding hydrogens is 437 g/mol. The van der Waals surface area contributed by atoms with Crippen molar-refractivity contribution in [1.29, 1.82) is 0 Å². The molecule has 29 heavy (non-hydrogen) atoms. The van der Waals surface area contributed by atoms with Crippen molar-refractivity contribution in [2.75, 3.05) is 31.5 Å². The van der Waals surface area contributed by atoms with Crippen LogP contribution in [0.4, 0.5) is 5.69 Å². The molecule has 0 saturated carbocycles. The zero-order valence-electron chi connectivity index (χ0n) is 15.6. The van der Waals surface area contributed by atoms with Gasteiger partial charge in [0.2, 0.25) is 15.9 Å². The normalized spacial score (nSPS) is 15.2. The quantitative estimate of drug-likeness (QED) is 0.766. The Balaban J connectivity index is 1.70. The van der Waals surface area contributed by atoms with Crippen LogP contribution in [0.2, 0.25) is 10.0 Å². The standard InChI is InChI=1S/C19H19Cl2N3O4S/c1-13(25)23-6-8-24(9-7-23)29(27,28)18-4-2-14(3-5-18)19(26)22-17-11-15(20)10-16(21)12-17/h2-5,10-12H,6-9H2,1H3,(H,22,26). The zero-order valence-corrected chi connectivity index (χ0v) is 17.9. The number of benzene rings is 2. The molecule has 3 rings (SSSR count). The first kappa shape index (κ1) is 21.6. The lowest BCUT2D eigenvalue weighted by molar-refractivity contribution is -0.129. The number of rotatable bonds is 4. The first-order chi connectivity index (χ1) is 13.7. The van der Waals surface area contributed by atoms with Crippen molar-refractivity contribution in [2.45, 2.75) is 11.8 Å². The van der Waals surface area contributed by atoms with Crippen LogP contribution in [0, 0.1) is 0 Å². The van der Waals surface area contributed by atoms with Crippen LogP contribution in [-0.2, 0) is 14.8 Å². The van der Waals surface area contributed by atoms with Crippen molar-refractivity contribution in [3.8, 4) is 0 Å². The first-order valence-corrected chi connectivity index (χ1v) is 11.0. The third kappa shape index (κ3) is 5.08. The fourth-order valence-electron chi connectivity index (χ4n) is 3.00. The number of nitrogens with one attached hydrogen (secondary N) is 1. The number of carbonyl (C=O) groups excluding carboxylic acids is 2. The van der Waals surface area contributed by atoms with E-state index in [1.54, 1.807) is 23.1 Å². The minimum atomic E-state index is -3.69. The summed E-state index contributed by atoms with van der Waals surface area (Å²) >= 11 is 11.8. The molecule has 0 aliphatic carbocycles. The van der Waals surface area contributed by atoms with Gasteiger partial charge in [-0.3, -0.25) is 9.59 Å². The van der Waals surface area contributed by atoms with Crippen LogP contribution in [0.15, 0.2) is 47.4 Å². The van der Waals surface area contributed by atoms with Gasteiger partial charge in [0.25, 0.3) is 5.91 Å². The molecule has 0 atom stereocenters. The fourth-order valence-corrected chi connectivity index (χ4v) is 4.95. The number of carbonyl (C=O) groups is 2. The molecular formula is C19H19Cl2N3O4S. The predicted octanol–water partition coefficient (Wildman–Crippen LogP) is 3.10. The second kappa shape index (κ2) is 8.71. The van der Waals surface area contributed by atoms with Gasteiger partial charge in [0.15, 0.2) is 0 Å². The summed E-state index contributed by atoms with van der Waals surface area (Å²) in [5.74, 6) is -0.485. The van der Waals surface area contributed by atoms with E-state index in [2.05, 4.69) is 5.32 Å². The SMILES string of the molecule is CC(=O)N1CCN(S(=O)(=O)c2ccc(C(=O)Nc3cc(Cl)cc(Cl)c3)cc2)CC1. The number of sulfonamides is 1. The minimum absolute atomic E-state index is 0.0709. The van der Waals surface area contributed by atoms with Crippen molar-refractivity contribution >= 4 is 50.7 Å². The Kier molecular flexibility index (Phi) is 6.48. The van der Waals surface area contributed by atoms with E-state index < -0.39 is 15.9 Å². The Hall–Kier alpha value is -2.13. The van der Waals surface area contributed by atoms with E-state index in [9.17, 15) is 18.0 Å². The topological polar surface area (TPSA) is 86.8 Å². The Bertz CT molecular complexity index is 1010. The second-order valence-corrected chi connectivity index (χ2v) is 9.36. The van der Waals surface area contributed by atoms with Gasteiger partial charge in [0, 0.05) is 54.4 Å². The lowest BCUT2D eigenvalue weighted by Gasteiger charge is -2.33. The van der Waals surface area contributed by atoms with E-state index in [0.29, 0.717) is 34.4 Å². The zero-order chi connectivity index (χ0) is 21.2. The van der Waals surface area contributed by atoms with Gasteiger partial charge in [-0.15, -0.1) is 0 Å². The van der Waals surface area contributed by atoms with E-state index >= 15 is 0 Å². The Morgan fingerprint density at radius 1 is 0.931 bits per heavy atom. The average molecular weight is 456 g/mol. The predicted molar refractivity (Wildman–Crippen MR) is 112 cm³/mol. The summed E-state index contributed by atoms with van der Waals surface area (Å²) in [6, 6.07) is 10.4. The highest BCUT2D eigenvalue weighted by molar-refractivity contribution is 7.89. The van der Waals surface area contributed by atoms with Crippen molar-refractivity contribution in [2.24, 2.45) is 0 Å². The lowest BCUT2D eigenvalue weighted by Crippen LogP contribution is -2.49. The van der Waals surface area contributed by atoms with E-state index in [1.807, 2.05) is 0 Å². The maximum atomic E-state index is 12.8. The highest BCUT2D eigenvalue weighted by Gasteiger charge is 2.29. The smallest absolute Gasteiger partial charge is 0.255 e. The van der Waals surface area contributed by atoms with Crippen LogP contribution in [0.3, 0.4) is 0 Å². The van der Waals surface area contributed by atoms with Gasteiger partial charge in [-0.2, -0.15) is 4.31 Å². The molecule has 1 saturated heterocycles.